The molecular weight excluding hydrogens is 265 g/mol. The summed E-state index contributed by atoms with van der Waals surface area (Å²) >= 11 is 0. The number of halogens is 3. The zero-order valence-electron chi connectivity index (χ0n) is 12.3. The first-order chi connectivity index (χ1) is 9.41. The Balaban J connectivity index is 1.77. The molecule has 20 heavy (non-hydrogen) atoms. The maximum absolute atomic E-state index is 14.8. The topological polar surface area (TPSA) is 9.23 Å². The molecule has 2 aliphatic carbocycles. The van der Waals surface area contributed by atoms with E-state index in [1.807, 2.05) is 6.92 Å². The first-order valence-corrected chi connectivity index (χ1v) is 8.04. The first kappa shape index (κ1) is 14.7. The van der Waals surface area contributed by atoms with Crippen molar-refractivity contribution in [3.8, 4) is 0 Å². The maximum atomic E-state index is 14.8. The van der Waals surface area contributed by atoms with Gasteiger partial charge in [0, 0.05) is 5.92 Å². The molecule has 2 saturated carbocycles. The van der Waals surface area contributed by atoms with E-state index < -0.39 is 23.9 Å². The molecule has 1 aliphatic heterocycles. The van der Waals surface area contributed by atoms with Crippen molar-refractivity contribution in [1.29, 1.82) is 0 Å². The Morgan fingerprint density at radius 2 is 1.70 bits per heavy atom. The molecule has 0 aromatic rings. The molecule has 1 heterocycles. The van der Waals surface area contributed by atoms with Crippen molar-refractivity contribution in [2.45, 2.75) is 64.1 Å². The van der Waals surface area contributed by atoms with E-state index in [0.29, 0.717) is 13.0 Å². The fraction of sp³-hybridized carbons (Fsp3) is 1.00. The van der Waals surface area contributed by atoms with Crippen LogP contribution in [0, 0.1) is 29.6 Å². The Morgan fingerprint density at radius 1 is 1.00 bits per heavy atom. The first-order valence-electron chi connectivity index (χ1n) is 8.04. The van der Waals surface area contributed by atoms with Gasteiger partial charge in [-0.05, 0) is 56.8 Å². The number of alkyl halides is 3. The summed E-state index contributed by atoms with van der Waals surface area (Å²) in [6, 6.07) is 0. The van der Waals surface area contributed by atoms with Gasteiger partial charge < -0.3 is 4.74 Å². The smallest absolute Gasteiger partial charge is 0.257 e. The molecule has 4 heteroatoms. The standard InChI is InChI=1S/C16H25F3O/c1-9-3-5-11-7-13(12-6-4-10(2)20-8-12)16(18,19)14(11)15(9)17/h9-15H,3-8H2,1-2H3. The molecule has 1 nitrogen and oxygen atoms in total. The minimum Gasteiger partial charge on any atom is -0.378 e. The minimum absolute atomic E-state index is 0.0886. The van der Waals surface area contributed by atoms with Crippen LogP contribution in [-0.2, 0) is 4.74 Å². The maximum Gasteiger partial charge on any atom is 0.257 e. The molecule has 0 amide bonds. The third kappa shape index (κ3) is 2.28. The van der Waals surface area contributed by atoms with Crippen LogP contribution in [0.1, 0.15) is 46.0 Å². The molecule has 0 spiro atoms. The van der Waals surface area contributed by atoms with Gasteiger partial charge in [0.05, 0.1) is 18.6 Å². The average Bonchev–Trinajstić information content (AvgIpc) is 2.67. The van der Waals surface area contributed by atoms with Gasteiger partial charge in [-0.3, -0.25) is 0 Å². The van der Waals surface area contributed by atoms with Crippen molar-refractivity contribution in [2.24, 2.45) is 29.6 Å². The van der Waals surface area contributed by atoms with Crippen LogP contribution in [-0.4, -0.2) is 24.8 Å². The largest absolute Gasteiger partial charge is 0.378 e. The predicted octanol–water partition coefficient (Wildman–Crippen LogP) is 4.46. The van der Waals surface area contributed by atoms with E-state index >= 15 is 0 Å². The Morgan fingerprint density at radius 3 is 2.35 bits per heavy atom. The molecule has 7 unspecified atom stereocenters. The van der Waals surface area contributed by atoms with Crippen LogP contribution in [0.5, 0.6) is 0 Å². The molecular formula is C16H25F3O. The predicted molar refractivity (Wildman–Crippen MR) is 71.5 cm³/mol. The van der Waals surface area contributed by atoms with E-state index in [1.54, 1.807) is 6.92 Å². The van der Waals surface area contributed by atoms with Crippen molar-refractivity contribution < 1.29 is 17.9 Å². The van der Waals surface area contributed by atoms with Gasteiger partial charge in [-0.15, -0.1) is 0 Å². The van der Waals surface area contributed by atoms with E-state index in [9.17, 15) is 13.2 Å². The third-order valence-corrected chi connectivity index (χ3v) is 5.99. The van der Waals surface area contributed by atoms with Gasteiger partial charge in [0.1, 0.15) is 6.17 Å². The molecule has 0 radical (unpaired) electrons. The van der Waals surface area contributed by atoms with Gasteiger partial charge in [-0.25, -0.2) is 13.2 Å². The van der Waals surface area contributed by atoms with Crippen molar-refractivity contribution in [3.63, 3.8) is 0 Å². The van der Waals surface area contributed by atoms with Crippen LogP contribution >= 0.6 is 0 Å². The summed E-state index contributed by atoms with van der Waals surface area (Å²) in [5.74, 6) is -5.00. The van der Waals surface area contributed by atoms with Crippen LogP contribution in [0.3, 0.4) is 0 Å². The van der Waals surface area contributed by atoms with Gasteiger partial charge in [0.2, 0.25) is 0 Å². The highest BCUT2D eigenvalue weighted by atomic mass is 19.3. The highest BCUT2D eigenvalue weighted by Gasteiger charge is 2.63. The second kappa shape index (κ2) is 5.19. The lowest BCUT2D eigenvalue weighted by Crippen LogP contribution is -2.45. The number of hydrogen-bond donors (Lipinski definition) is 0. The van der Waals surface area contributed by atoms with Crippen LogP contribution in [0.15, 0.2) is 0 Å². The average molecular weight is 290 g/mol. The molecule has 0 bridgehead atoms. The van der Waals surface area contributed by atoms with Gasteiger partial charge in [0.15, 0.2) is 0 Å². The molecule has 0 aromatic heterocycles. The van der Waals surface area contributed by atoms with Crippen LogP contribution in [0.2, 0.25) is 0 Å². The molecule has 0 N–H and O–H groups in total. The van der Waals surface area contributed by atoms with Gasteiger partial charge >= 0.3 is 0 Å². The van der Waals surface area contributed by atoms with Crippen LogP contribution in [0.4, 0.5) is 13.2 Å². The van der Waals surface area contributed by atoms with Crippen molar-refractivity contribution >= 4 is 0 Å². The molecule has 0 aromatic carbocycles. The summed E-state index contributed by atoms with van der Waals surface area (Å²) in [6.07, 6.45) is 2.50. The van der Waals surface area contributed by atoms with Crippen molar-refractivity contribution in [2.75, 3.05) is 6.61 Å². The Bertz CT molecular complexity index is 352. The normalized spacial score (nSPS) is 51.8. The lowest BCUT2D eigenvalue weighted by molar-refractivity contribution is -0.147. The van der Waals surface area contributed by atoms with E-state index in [-0.39, 0.29) is 23.9 Å². The lowest BCUT2D eigenvalue weighted by Gasteiger charge is -2.38. The second-order valence-corrected chi connectivity index (χ2v) is 7.28. The highest BCUT2D eigenvalue weighted by Crippen LogP contribution is 2.58. The Hall–Kier alpha value is -0.250. The summed E-state index contributed by atoms with van der Waals surface area (Å²) < 4.78 is 49.4. The van der Waals surface area contributed by atoms with Crippen LogP contribution < -0.4 is 0 Å². The highest BCUT2D eigenvalue weighted by molar-refractivity contribution is 5.05. The van der Waals surface area contributed by atoms with E-state index in [4.69, 9.17) is 4.74 Å². The zero-order chi connectivity index (χ0) is 14.5. The summed E-state index contributed by atoms with van der Waals surface area (Å²) in [5, 5.41) is 0. The fourth-order valence-corrected chi connectivity index (χ4v) is 4.68. The van der Waals surface area contributed by atoms with Crippen LogP contribution in [0.25, 0.3) is 0 Å². The number of rotatable bonds is 1. The lowest BCUT2D eigenvalue weighted by atomic mass is 9.74. The molecule has 116 valence electrons. The molecule has 7 atom stereocenters. The number of fused-ring (bicyclic) bond motifs is 1. The molecule has 3 aliphatic rings. The zero-order valence-corrected chi connectivity index (χ0v) is 12.3. The Kier molecular flexibility index (Phi) is 3.81. The van der Waals surface area contributed by atoms with Gasteiger partial charge in [-0.2, -0.15) is 0 Å². The summed E-state index contributed by atoms with van der Waals surface area (Å²) in [4.78, 5) is 0. The summed E-state index contributed by atoms with van der Waals surface area (Å²) in [7, 11) is 0. The Labute approximate surface area is 119 Å². The summed E-state index contributed by atoms with van der Waals surface area (Å²) in [5.41, 5.74) is 0. The molecule has 3 fully saturated rings. The third-order valence-electron chi connectivity index (χ3n) is 5.99. The van der Waals surface area contributed by atoms with Crippen molar-refractivity contribution in [3.05, 3.63) is 0 Å². The van der Waals surface area contributed by atoms with Gasteiger partial charge in [0.25, 0.3) is 5.92 Å². The number of ether oxygens (including phenoxy) is 1. The monoisotopic (exact) mass is 290 g/mol. The summed E-state index contributed by atoms with van der Waals surface area (Å²) in [6.45, 7) is 4.19. The van der Waals surface area contributed by atoms with Gasteiger partial charge in [-0.1, -0.05) is 6.92 Å². The van der Waals surface area contributed by atoms with E-state index in [2.05, 4.69) is 0 Å². The van der Waals surface area contributed by atoms with E-state index in [0.717, 1.165) is 25.7 Å². The molecule has 3 rings (SSSR count). The second-order valence-electron chi connectivity index (χ2n) is 7.28. The SMILES string of the molecule is CC1CCC(C2CC3CCC(C)C(F)C3C2(F)F)CO1. The van der Waals surface area contributed by atoms with Crippen molar-refractivity contribution in [1.82, 2.24) is 0 Å². The quantitative estimate of drug-likeness (QED) is 0.693. The van der Waals surface area contributed by atoms with E-state index in [1.165, 1.54) is 0 Å². The molecule has 1 saturated heterocycles. The number of hydrogen-bond acceptors (Lipinski definition) is 1. The minimum atomic E-state index is -2.85. The fourth-order valence-electron chi connectivity index (χ4n) is 4.68.